The topological polar surface area (TPSA) is 96.4 Å². The van der Waals surface area contributed by atoms with Gasteiger partial charge in [0.1, 0.15) is 22.0 Å². The van der Waals surface area contributed by atoms with Crippen LogP contribution in [0.25, 0.3) is 0 Å². The Balaban J connectivity index is 1.43. The van der Waals surface area contributed by atoms with Crippen LogP contribution in [0, 0.1) is 0 Å². The molecule has 1 amide bonds. The summed E-state index contributed by atoms with van der Waals surface area (Å²) in [6.45, 7) is 1.06. The molecule has 1 saturated carbocycles. The summed E-state index contributed by atoms with van der Waals surface area (Å²) >= 11 is 0. The van der Waals surface area contributed by atoms with E-state index in [-0.39, 0.29) is 36.9 Å². The average molecular weight is 487 g/mol. The predicted molar refractivity (Wildman–Crippen MR) is 125 cm³/mol. The molecule has 1 atom stereocenters. The molecule has 1 spiro atoms. The molecule has 1 unspecified atom stereocenters. The maximum atomic E-state index is 13.6. The van der Waals surface area contributed by atoms with Gasteiger partial charge in [-0.2, -0.15) is 4.31 Å². The number of para-hydroxylation sites is 1. The second-order valence-corrected chi connectivity index (χ2v) is 11.6. The van der Waals surface area contributed by atoms with Crippen LogP contribution >= 0.6 is 0 Å². The van der Waals surface area contributed by atoms with E-state index in [1.807, 2.05) is 12.1 Å². The Labute approximate surface area is 200 Å². The van der Waals surface area contributed by atoms with E-state index in [9.17, 15) is 18.3 Å². The molecule has 0 bridgehead atoms. The summed E-state index contributed by atoms with van der Waals surface area (Å²) in [5, 5.41) is 10.5. The molecule has 2 heterocycles. The van der Waals surface area contributed by atoms with Gasteiger partial charge in [-0.25, -0.2) is 8.42 Å². The highest BCUT2D eigenvalue weighted by molar-refractivity contribution is 7.89. The molecule has 0 aromatic heterocycles. The standard InChI is InChI=1S/C25H30N2O6S/c1-32-20-9-7-19(8-10-20)16-27-18-25(33-21-5-2-3-6-22(21)34(27,30)31)13-14-26(17-25)23(28)15-24(29)11-4-12-24/h2-3,5-10,29H,4,11-18H2,1H3. The number of methoxy groups -OCH3 is 1. The van der Waals surface area contributed by atoms with Gasteiger partial charge in [0, 0.05) is 19.5 Å². The summed E-state index contributed by atoms with van der Waals surface area (Å²) in [7, 11) is -2.24. The van der Waals surface area contributed by atoms with Crippen LogP contribution in [0.15, 0.2) is 53.4 Å². The highest BCUT2D eigenvalue weighted by atomic mass is 32.2. The molecule has 34 heavy (non-hydrogen) atoms. The van der Waals surface area contributed by atoms with Gasteiger partial charge in [-0.3, -0.25) is 4.79 Å². The molecule has 2 aliphatic heterocycles. The van der Waals surface area contributed by atoms with Crippen molar-refractivity contribution in [2.24, 2.45) is 0 Å². The Morgan fingerprint density at radius 3 is 2.50 bits per heavy atom. The van der Waals surface area contributed by atoms with Gasteiger partial charge in [0.2, 0.25) is 15.9 Å². The van der Waals surface area contributed by atoms with Gasteiger partial charge in [-0.1, -0.05) is 24.3 Å². The van der Waals surface area contributed by atoms with Crippen LogP contribution < -0.4 is 9.47 Å². The minimum Gasteiger partial charge on any atom is -0.497 e. The number of hydrogen-bond donors (Lipinski definition) is 1. The number of fused-ring (bicyclic) bond motifs is 1. The first kappa shape index (κ1) is 23.1. The third-order valence-corrected chi connectivity index (χ3v) is 9.04. The second-order valence-electron chi connectivity index (χ2n) is 9.67. The molecule has 2 fully saturated rings. The molecule has 1 N–H and O–H groups in total. The summed E-state index contributed by atoms with van der Waals surface area (Å²) in [5.41, 5.74) is -0.922. The van der Waals surface area contributed by atoms with Crippen molar-refractivity contribution < 1.29 is 27.8 Å². The third kappa shape index (κ3) is 4.28. The quantitative estimate of drug-likeness (QED) is 0.698. The molecule has 5 rings (SSSR count). The van der Waals surface area contributed by atoms with Gasteiger partial charge in [-0.15, -0.1) is 0 Å². The van der Waals surface area contributed by atoms with Gasteiger partial charge in [0.25, 0.3) is 0 Å². The lowest BCUT2D eigenvalue weighted by Gasteiger charge is -2.37. The van der Waals surface area contributed by atoms with E-state index in [1.54, 1.807) is 48.4 Å². The number of ether oxygens (including phenoxy) is 2. The van der Waals surface area contributed by atoms with E-state index < -0.39 is 21.2 Å². The van der Waals surface area contributed by atoms with Crippen LogP contribution in [0.4, 0.5) is 0 Å². The zero-order valence-corrected chi connectivity index (χ0v) is 20.1. The second kappa shape index (κ2) is 8.55. The molecular weight excluding hydrogens is 456 g/mol. The molecule has 0 radical (unpaired) electrons. The number of sulfonamides is 1. The van der Waals surface area contributed by atoms with E-state index in [1.165, 1.54) is 4.31 Å². The molecule has 8 nitrogen and oxygen atoms in total. The Hall–Kier alpha value is -2.62. The van der Waals surface area contributed by atoms with Crippen molar-refractivity contribution >= 4 is 15.9 Å². The predicted octanol–water partition coefficient (Wildman–Crippen LogP) is 2.55. The fourth-order valence-corrected chi connectivity index (χ4v) is 6.68. The first-order valence-corrected chi connectivity index (χ1v) is 13.1. The van der Waals surface area contributed by atoms with Gasteiger partial charge in [-0.05, 0) is 49.1 Å². The van der Waals surface area contributed by atoms with Gasteiger partial charge in [0.15, 0.2) is 0 Å². The highest BCUT2D eigenvalue weighted by Crippen LogP contribution is 2.40. The van der Waals surface area contributed by atoms with Crippen molar-refractivity contribution in [1.82, 2.24) is 9.21 Å². The van der Waals surface area contributed by atoms with Gasteiger partial charge < -0.3 is 19.5 Å². The first-order chi connectivity index (χ1) is 16.2. The van der Waals surface area contributed by atoms with Crippen molar-refractivity contribution in [3.05, 3.63) is 54.1 Å². The van der Waals surface area contributed by atoms with E-state index in [2.05, 4.69) is 0 Å². The Morgan fingerprint density at radius 1 is 1.09 bits per heavy atom. The van der Waals surface area contributed by atoms with Crippen LogP contribution in [-0.2, 0) is 21.4 Å². The lowest BCUT2D eigenvalue weighted by Crippen LogP contribution is -2.50. The minimum absolute atomic E-state index is 0.105. The SMILES string of the molecule is COc1ccc(CN2CC3(CCN(C(=O)CC4(O)CCC4)C3)Oc3ccccc3S2(=O)=O)cc1. The number of hydrogen-bond acceptors (Lipinski definition) is 6. The molecular formula is C25H30N2O6S. The summed E-state index contributed by atoms with van der Waals surface area (Å²) < 4.78 is 40.4. The van der Waals surface area contributed by atoms with Crippen LogP contribution in [0.3, 0.4) is 0 Å². The Morgan fingerprint density at radius 2 is 1.82 bits per heavy atom. The number of nitrogens with zero attached hydrogens (tertiary/aromatic N) is 2. The summed E-state index contributed by atoms with van der Waals surface area (Å²) in [5.74, 6) is 0.905. The van der Waals surface area contributed by atoms with E-state index in [4.69, 9.17) is 9.47 Å². The van der Waals surface area contributed by atoms with Crippen molar-refractivity contribution in [2.75, 3.05) is 26.7 Å². The average Bonchev–Trinajstić information content (AvgIpc) is 3.18. The Kier molecular flexibility index (Phi) is 5.82. The fourth-order valence-electron chi connectivity index (χ4n) is 5.06. The minimum atomic E-state index is -3.82. The van der Waals surface area contributed by atoms with Gasteiger partial charge >= 0.3 is 0 Å². The third-order valence-electron chi connectivity index (χ3n) is 7.21. The van der Waals surface area contributed by atoms with Crippen LogP contribution in [0.2, 0.25) is 0 Å². The van der Waals surface area contributed by atoms with Crippen molar-refractivity contribution in [2.45, 2.75) is 54.7 Å². The summed E-state index contributed by atoms with van der Waals surface area (Å²) in [4.78, 5) is 14.8. The maximum Gasteiger partial charge on any atom is 0.247 e. The van der Waals surface area contributed by atoms with E-state index >= 15 is 0 Å². The van der Waals surface area contributed by atoms with Crippen LogP contribution in [-0.4, -0.2) is 66.6 Å². The smallest absolute Gasteiger partial charge is 0.247 e. The lowest BCUT2D eigenvalue weighted by molar-refractivity contribution is -0.140. The number of rotatable bonds is 5. The first-order valence-electron chi connectivity index (χ1n) is 11.6. The molecule has 2 aromatic carbocycles. The number of amides is 1. The van der Waals surface area contributed by atoms with Crippen molar-refractivity contribution in [1.29, 1.82) is 0 Å². The normalized spacial score (nSPS) is 25.2. The zero-order chi connectivity index (χ0) is 24.0. The number of benzene rings is 2. The maximum absolute atomic E-state index is 13.6. The van der Waals surface area contributed by atoms with Crippen LogP contribution in [0.1, 0.15) is 37.7 Å². The zero-order valence-electron chi connectivity index (χ0n) is 19.3. The molecule has 3 aliphatic rings. The van der Waals surface area contributed by atoms with Gasteiger partial charge in [0.05, 0.1) is 32.2 Å². The van der Waals surface area contributed by atoms with E-state index in [0.29, 0.717) is 37.3 Å². The van der Waals surface area contributed by atoms with Crippen molar-refractivity contribution in [3.63, 3.8) is 0 Å². The van der Waals surface area contributed by atoms with Crippen molar-refractivity contribution in [3.8, 4) is 11.5 Å². The highest BCUT2D eigenvalue weighted by Gasteiger charge is 2.49. The molecule has 9 heteroatoms. The molecule has 2 aromatic rings. The molecule has 1 saturated heterocycles. The molecule has 182 valence electrons. The van der Waals surface area contributed by atoms with Crippen LogP contribution in [0.5, 0.6) is 11.5 Å². The number of carbonyl (C=O) groups is 1. The number of aliphatic hydroxyl groups is 1. The van der Waals surface area contributed by atoms with E-state index in [0.717, 1.165) is 12.0 Å². The summed E-state index contributed by atoms with van der Waals surface area (Å²) in [6, 6.07) is 14.0. The monoisotopic (exact) mass is 486 g/mol. The largest absolute Gasteiger partial charge is 0.497 e. The number of likely N-dealkylation sites (tertiary alicyclic amines) is 1. The Bertz CT molecular complexity index is 1180. The fraction of sp³-hybridized carbons (Fsp3) is 0.480. The number of carbonyl (C=O) groups excluding carboxylic acids is 1. The summed E-state index contributed by atoms with van der Waals surface area (Å²) in [6.07, 6.45) is 2.85. The molecule has 1 aliphatic carbocycles. The lowest BCUT2D eigenvalue weighted by atomic mass is 9.77.